The van der Waals surface area contributed by atoms with E-state index in [1.54, 1.807) is 0 Å². The Kier molecular flexibility index (Phi) is 26.7. The van der Waals surface area contributed by atoms with Crippen LogP contribution in [0.15, 0.2) is 0 Å². The monoisotopic (exact) mass is 638 g/mol. The number of nitrogens with zero attached hydrogens (tertiary/aromatic N) is 4. The van der Waals surface area contributed by atoms with Crippen LogP contribution in [0.25, 0.3) is 0 Å². The maximum absolute atomic E-state index is 12.4. The van der Waals surface area contributed by atoms with Gasteiger partial charge in [0.05, 0.1) is 21.1 Å². The lowest BCUT2D eigenvalue weighted by Crippen LogP contribution is -2.61. The number of carbonyl (C=O) groups is 1. The maximum Gasteiger partial charge on any atom is 0.379 e. The molecule has 1 rings (SSSR count). The summed E-state index contributed by atoms with van der Waals surface area (Å²) in [6.07, 6.45) is 32.8. The minimum atomic E-state index is -0.693. The summed E-state index contributed by atoms with van der Waals surface area (Å²) in [7, 11) is 6.08. The van der Waals surface area contributed by atoms with Gasteiger partial charge < -0.3 is 19.4 Å². The van der Waals surface area contributed by atoms with Gasteiger partial charge in [-0.25, -0.2) is 9.69 Å². The fourth-order valence-electron chi connectivity index (χ4n) is 7.18. The third kappa shape index (κ3) is 23.3. The van der Waals surface area contributed by atoms with Gasteiger partial charge in [0, 0.05) is 39.3 Å². The molecule has 1 fully saturated rings. The minimum absolute atomic E-state index is 0.437. The van der Waals surface area contributed by atoms with E-state index < -0.39 is 12.1 Å². The van der Waals surface area contributed by atoms with E-state index in [-0.39, 0.29) is 0 Å². The summed E-state index contributed by atoms with van der Waals surface area (Å²) in [5, 5.41) is 10.2. The van der Waals surface area contributed by atoms with Crippen molar-refractivity contribution in [2.75, 3.05) is 73.5 Å². The SMILES string of the molecule is CCCCCCCCCCCCCCN1CCN(CCCCCCCCCCCCCC)CCN(C(C(=O)O)[N+](C)(C)C)CC1. The summed E-state index contributed by atoms with van der Waals surface area (Å²) in [5.41, 5.74) is 0. The van der Waals surface area contributed by atoms with Crippen LogP contribution in [0.1, 0.15) is 168 Å². The summed E-state index contributed by atoms with van der Waals surface area (Å²) < 4.78 is 0.437. The molecule has 1 atom stereocenters. The Morgan fingerprint density at radius 3 is 1.02 bits per heavy atom. The maximum atomic E-state index is 12.4. The number of carboxylic acid groups (broad SMARTS) is 1. The number of unbranched alkanes of at least 4 members (excludes halogenated alkanes) is 22. The number of hydrogen-bond acceptors (Lipinski definition) is 4. The average molecular weight is 638 g/mol. The lowest BCUT2D eigenvalue weighted by Gasteiger charge is -2.39. The summed E-state index contributed by atoms with van der Waals surface area (Å²) in [5.74, 6) is -0.693. The van der Waals surface area contributed by atoms with Crippen LogP contribution in [-0.2, 0) is 4.79 Å². The highest BCUT2D eigenvalue weighted by Crippen LogP contribution is 2.16. The summed E-state index contributed by atoms with van der Waals surface area (Å²) in [4.78, 5) is 19.9. The molecule has 45 heavy (non-hydrogen) atoms. The molecule has 0 aromatic heterocycles. The van der Waals surface area contributed by atoms with E-state index in [2.05, 4.69) is 28.5 Å². The first-order chi connectivity index (χ1) is 21.8. The highest BCUT2D eigenvalue weighted by molar-refractivity contribution is 5.71. The van der Waals surface area contributed by atoms with Crippen LogP contribution < -0.4 is 0 Å². The number of hydrogen-bond donors (Lipinski definition) is 1. The van der Waals surface area contributed by atoms with E-state index in [0.29, 0.717) is 4.48 Å². The zero-order chi connectivity index (χ0) is 33.0. The second-order valence-corrected chi connectivity index (χ2v) is 15.3. The number of quaternary nitrogens is 1. The molecule has 1 aliphatic rings. The van der Waals surface area contributed by atoms with Crippen LogP contribution >= 0.6 is 0 Å². The standard InChI is InChI=1S/C39H80N4O2/c1-6-8-10-12-14-16-18-20-22-24-26-28-30-40-32-33-41(31-29-27-25-23-21-19-17-15-13-11-9-7-2)35-37-42(36-34-40)38(39(44)45)43(3,4)5/h38H,6-37H2,1-5H3/p+1. The van der Waals surface area contributed by atoms with Gasteiger partial charge in [-0.3, -0.25) is 0 Å². The second-order valence-electron chi connectivity index (χ2n) is 15.3. The number of likely N-dealkylation sites (N-methyl/N-ethyl adjacent to an activating group) is 1. The Bertz CT molecular complexity index is 628. The van der Waals surface area contributed by atoms with Gasteiger partial charge in [-0.1, -0.05) is 155 Å². The predicted octanol–water partition coefficient (Wildman–Crippen LogP) is 9.43. The van der Waals surface area contributed by atoms with E-state index in [0.717, 1.165) is 52.4 Å². The normalized spacial score (nSPS) is 16.8. The van der Waals surface area contributed by atoms with E-state index in [1.807, 2.05) is 21.1 Å². The molecule has 1 aliphatic heterocycles. The summed E-state index contributed by atoms with van der Waals surface area (Å²) in [6.45, 7) is 12.8. The molecule has 6 nitrogen and oxygen atoms in total. The van der Waals surface area contributed by atoms with Crippen molar-refractivity contribution in [3.63, 3.8) is 0 Å². The van der Waals surface area contributed by atoms with Crippen LogP contribution in [-0.4, -0.2) is 110 Å². The van der Waals surface area contributed by atoms with Crippen molar-refractivity contribution in [3.05, 3.63) is 0 Å². The number of rotatable bonds is 29. The van der Waals surface area contributed by atoms with Gasteiger partial charge in [-0.05, 0) is 25.9 Å². The van der Waals surface area contributed by atoms with E-state index in [1.165, 1.54) is 154 Å². The quantitative estimate of drug-likeness (QED) is 0.0654. The largest absolute Gasteiger partial charge is 0.476 e. The van der Waals surface area contributed by atoms with Gasteiger partial charge in [0.25, 0.3) is 0 Å². The van der Waals surface area contributed by atoms with Gasteiger partial charge in [-0.15, -0.1) is 0 Å². The van der Waals surface area contributed by atoms with Crippen LogP contribution in [0.2, 0.25) is 0 Å². The second kappa shape index (κ2) is 28.3. The predicted molar refractivity (Wildman–Crippen MR) is 196 cm³/mol. The summed E-state index contributed by atoms with van der Waals surface area (Å²) >= 11 is 0. The van der Waals surface area contributed by atoms with Crippen molar-refractivity contribution < 1.29 is 14.4 Å². The van der Waals surface area contributed by atoms with E-state index in [9.17, 15) is 9.90 Å². The van der Waals surface area contributed by atoms with Gasteiger partial charge in [0.1, 0.15) is 0 Å². The highest BCUT2D eigenvalue weighted by atomic mass is 16.4. The molecule has 268 valence electrons. The molecule has 0 bridgehead atoms. The Labute approximate surface area is 282 Å². The first-order valence-electron chi connectivity index (χ1n) is 20.0. The average Bonchev–Trinajstić information content (AvgIpc) is 3.08. The van der Waals surface area contributed by atoms with Gasteiger partial charge >= 0.3 is 5.97 Å². The van der Waals surface area contributed by atoms with Crippen LogP contribution in [0.3, 0.4) is 0 Å². The van der Waals surface area contributed by atoms with Crippen molar-refractivity contribution in [2.45, 2.75) is 174 Å². The number of carboxylic acids is 1. The molecule has 0 spiro atoms. The van der Waals surface area contributed by atoms with Crippen LogP contribution in [0, 0.1) is 0 Å². The Morgan fingerprint density at radius 1 is 0.489 bits per heavy atom. The molecule has 1 unspecified atom stereocenters. The van der Waals surface area contributed by atoms with Gasteiger partial charge in [-0.2, -0.15) is 0 Å². The lowest BCUT2D eigenvalue weighted by atomic mass is 10.1. The first kappa shape index (κ1) is 42.3. The molecule has 0 saturated carbocycles. The van der Waals surface area contributed by atoms with Crippen molar-refractivity contribution in [2.24, 2.45) is 0 Å². The lowest BCUT2D eigenvalue weighted by molar-refractivity contribution is -0.899. The third-order valence-electron chi connectivity index (χ3n) is 10.1. The van der Waals surface area contributed by atoms with E-state index >= 15 is 0 Å². The molecule has 0 amide bonds. The van der Waals surface area contributed by atoms with Crippen LogP contribution in [0.5, 0.6) is 0 Å². The Balaban J connectivity index is 2.43. The third-order valence-corrected chi connectivity index (χ3v) is 10.1. The topological polar surface area (TPSA) is 47.0 Å². The smallest absolute Gasteiger partial charge is 0.379 e. The molecule has 1 heterocycles. The zero-order valence-corrected chi connectivity index (χ0v) is 31.3. The van der Waals surface area contributed by atoms with Gasteiger partial charge in [0.15, 0.2) is 0 Å². The molecule has 0 aromatic carbocycles. The van der Waals surface area contributed by atoms with Crippen molar-refractivity contribution in [1.29, 1.82) is 0 Å². The molecule has 1 N–H and O–H groups in total. The van der Waals surface area contributed by atoms with Crippen LogP contribution in [0.4, 0.5) is 0 Å². The molecule has 6 heteroatoms. The first-order valence-corrected chi connectivity index (χ1v) is 20.0. The summed E-state index contributed by atoms with van der Waals surface area (Å²) in [6, 6.07) is 0. The number of aliphatic carboxylic acids is 1. The minimum Gasteiger partial charge on any atom is -0.476 e. The zero-order valence-electron chi connectivity index (χ0n) is 31.3. The molecule has 0 aliphatic carbocycles. The Morgan fingerprint density at radius 2 is 0.756 bits per heavy atom. The van der Waals surface area contributed by atoms with Crippen molar-refractivity contribution in [3.8, 4) is 0 Å². The molecular weight excluding hydrogens is 556 g/mol. The molecule has 0 aromatic rings. The fraction of sp³-hybridized carbons (Fsp3) is 0.974. The fourth-order valence-corrected chi connectivity index (χ4v) is 7.18. The van der Waals surface area contributed by atoms with Crippen molar-refractivity contribution in [1.82, 2.24) is 14.7 Å². The van der Waals surface area contributed by atoms with Crippen molar-refractivity contribution >= 4 is 5.97 Å². The highest BCUT2D eigenvalue weighted by Gasteiger charge is 2.37. The Hall–Kier alpha value is -0.690. The van der Waals surface area contributed by atoms with Gasteiger partial charge in [0.2, 0.25) is 6.17 Å². The molecular formula is C39H81N4O2+. The molecule has 0 radical (unpaired) electrons. The van der Waals surface area contributed by atoms with E-state index in [4.69, 9.17) is 0 Å². The molecule has 1 saturated heterocycles.